The number of rotatable bonds is 6. The van der Waals surface area contributed by atoms with Gasteiger partial charge in [0, 0.05) is 34.4 Å². The molecule has 3 heterocycles. The number of aromatic nitrogens is 3. The summed E-state index contributed by atoms with van der Waals surface area (Å²) < 4.78 is 4.55. The van der Waals surface area contributed by atoms with Crippen LogP contribution in [0.2, 0.25) is 5.02 Å². The van der Waals surface area contributed by atoms with Crippen molar-refractivity contribution in [1.29, 1.82) is 0 Å². The third kappa shape index (κ3) is 4.85. The average molecular weight is 546 g/mol. The van der Waals surface area contributed by atoms with Crippen LogP contribution in [0.3, 0.4) is 0 Å². The largest absolute Gasteiger partial charge is 0.378 e. The predicted molar refractivity (Wildman–Crippen MR) is 161 cm³/mol. The summed E-state index contributed by atoms with van der Waals surface area (Å²) in [5.41, 5.74) is 8.27. The Morgan fingerprint density at radius 3 is 2.55 bits per heavy atom. The second kappa shape index (κ2) is 10.7. The Balaban J connectivity index is 1.45. The third-order valence-electron chi connectivity index (χ3n) is 8.34. The molecule has 2 aromatic heterocycles. The molecule has 7 heteroatoms. The molecule has 0 radical (unpaired) electrons. The molecule has 1 aliphatic heterocycles. The highest BCUT2D eigenvalue weighted by atomic mass is 35.5. The second-order valence-electron chi connectivity index (χ2n) is 11.0. The van der Waals surface area contributed by atoms with E-state index in [-0.39, 0.29) is 0 Å². The van der Waals surface area contributed by atoms with Gasteiger partial charge in [0.15, 0.2) is 5.82 Å². The van der Waals surface area contributed by atoms with Gasteiger partial charge >= 0.3 is 0 Å². The predicted octanol–water partition coefficient (Wildman–Crippen LogP) is 7.56. The topological polar surface area (TPSA) is 46.3 Å². The molecular formula is C31H36ClN5S. The minimum absolute atomic E-state index is 0.404. The van der Waals surface area contributed by atoms with Crippen LogP contribution in [0.4, 0.5) is 5.69 Å². The number of aryl methyl sites for hydroxylation is 3. The minimum atomic E-state index is 0.404. The van der Waals surface area contributed by atoms with Gasteiger partial charge < -0.3 is 15.2 Å². The fourth-order valence-corrected chi connectivity index (χ4v) is 6.66. The monoisotopic (exact) mass is 545 g/mol. The molecule has 6 rings (SSSR count). The van der Waals surface area contributed by atoms with E-state index in [0.717, 1.165) is 58.6 Å². The fourth-order valence-electron chi connectivity index (χ4n) is 6.19. The molecule has 2 atom stereocenters. The number of halogens is 1. The van der Waals surface area contributed by atoms with E-state index >= 15 is 0 Å². The zero-order valence-electron chi connectivity index (χ0n) is 22.3. The van der Waals surface area contributed by atoms with Crippen LogP contribution in [0.1, 0.15) is 68.1 Å². The standard InChI is InChI=1S/C31H36ClN5S/c1-20-10-16-24(17-11-20)33-19-27-35-37-29(30(38)34-26-9-4-3-7-21(26)2)28(22-12-14-23(32)15-13-22)25-8-5-6-18-36(27)31(25)37/h10-17,21,26,33H,3-9,18-19H2,1-2H3,(H,34,38). The van der Waals surface area contributed by atoms with Gasteiger partial charge in [-0.2, -0.15) is 5.10 Å². The van der Waals surface area contributed by atoms with E-state index in [4.69, 9.17) is 28.9 Å². The molecular weight excluding hydrogens is 510 g/mol. The smallest absolute Gasteiger partial charge is 0.150 e. The molecule has 0 spiro atoms. The van der Waals surface area contributed by atoms with E-state index in [9.17, 15) is 0 Å². The van der Waals surface area contributed by atoms with Gasteiger partial charge in [0.1, 0.15) is 16.3 Å². The van der Waals surface area contributed by atoms with Gasteiger partial charge in [-0.25, -0.2) is 4.52 Å². The Morgan fingerprint density at radius 2 is 1.79 bits per heavy atom. The highest BCUT2D eigenvalue weighted by Crippen LogP contribution is 2.38. The number of hydrogen-bond donors (Lipinski definition) is 2. The van der Waals surface area contributed by atoms with Gasteiger partial charge in [0.2, 0.25) is 0 Å². The fraction of sp³-hybridized carbons (Fsp3) is 0.419. The maximum atomic E-state index is 6.29. The van der Waals surface area contributed by atoms with Gasteiger partial charge in [-0.05, 0) is 74.8 Å². The van der Waals surface area contributed by atoms with Crippen molar-refractivity contribution >= 4 is 40.1 Å². The maximum Gasteiger partial charge on any atom is 0.150 e. The molecule has 2 aliphatic rings. The van der Waals surface area contributed by atoms with E-state index in [2.05, 4.69) is 70.0 Å². The zero-order valence-corrected chi connectivity index (χ0v) is 23.8. The van der Waals surface area contributed by atoms with Gasteiger partial charge in [-0.1, -0.05) is 73.4 Å². The number of thiocarbonyl (C=S) groups is 1. The Hall–Kier alpha value is -2.83. The van der Waals surface area contributed by atoms with Crippen LogP contribution >= 0.6 is 23.8 Å². The third-order valence-corrected chi connectivity index (χ3v) is 8.90. The Morgan fingerprint density at radius 1 is 1.03 bits per heavy atom. The number of benzene rings is 2. The minimum Gasteiger partial charge on any atom is -0.378 e. The molecule has 38 heavy (non-hydrogen) atoms. The van der Waals surface area contributed by atoms with Gasteiger partial charge in [0.05, 0.1) is 6.54 Å². The molecule has 0 saturated heterocycles. The molecule has 1 fully saturated rings. The molecule has 2 N–H and O–H groups in total. The lowest BCUT2D eigenvalue weighted by Gasteiger charge is -2.30. The van der Waals surface area contributed by atoms with Crippen molar-refractivity contribution in [3.05, 3.63) is 76.2 Å². The van der Waals surface area contributed by atoms with Crippen LogP contribution in [0.15, 0.2) is 48.5 Å². The number of nitrogens with one attached hydrogen (secondary N) is 2. The summed E-state index contributed by atoms with van der Waals surface area (Å²) in [5, 5.41) is 13.3. The van der Waals surface area contributed by atoms with Crippen molar-refractivity contribution in [2.45, 2.75) is 77.9 Å². The summed E-state index contributed by atoms with van der Waals surface area (Å²) in [5.74, 6) is 1.66. The second-order valence-corrected chi connectivity index (χ2v) is 11.9. The van der Waals surface area contributed by atoms with Crippen LogP contribution < -0.4 is 10.6 Å². The summed E-state index contributed by atoms with van der Waals surface area (Å²) in [7, 11) is 0. The molecule has 2 aromatic carbocycles. The van der Waals surface area contributed by atoms with Crippen molar-refractivity contribution in [2.24, 2.45) is 5.92 Å². The molecule has 5 nitrogen and oxygen atoms in total. The molecule has 4 aromatic rings. The first-order chi connectivity index (χ1) is 18.5. The summed E-state index contributed by atoms with van der Waals surface area (Å²) in [6.45, 7) is 6.09. The van der Waals surface area contributed by atoms with Crippen molar-refractivity contribution < 1.29 is 0 Å². The van der Waals surface area contributed by atoms with Crippen molar-refractivity contribution in [3.63, 3.8) is 0 Å². The molecule has 1 saturated carbocycles. The van der Waals surface area contributed by atoms with Crippen LogP contribution in [0.5, 0.6) is 0 Å². The van der Waals surface area contributed by atoms with E-state index in [1.807, 2.05) is 12.1 Å². The number of nitrogens with zero attached hydrogens (tertiary/aromatic N) is 3. The summed E-state index contributed by atoms with van der Waals surface area (Å²) in [6, 6.07) is 17.1. The first kappa shape index (κ1) is 25.4. The number of hydrogen-bond acceptors (Lipinski definition) is 3. The first-order valence-corrected chi connectivity index (χ1v) is 14.8. The SMILES string of the molecule is Cc1ccc(NCc2nn3c(C(=S)NC4CCCCC4C)c(-c4ccc(Cl)cc4)c4c3n2CCCC4)cc1. The summed E-state index contributed by atoms with van der Waals surface area (Å²) in [6.07, 6.45) is 8.28. The van der Waals surface area contributed by atoms with Crippen LogP contribution in [0.25, 0.3) is 16.8 Å². The van der Waals surface area contributed by atoms with E-state index < -0.39 is 0 Å². The first-order valence-electron chi connectivity index (χ1n) is 14.0. The van der Waals surface area contributed by atoms with E-state index in [1.54, 1.807) is 0 Å². The lowest BCUT2D eigenvalue weighted by Crippen LogP contribution is -2.41. The lowest BCUT2D eigenvalue weighted by atomic mass is 9.86. The van der Waals surface area contributed by atoms with Crippen LogP contribution in [0, 0.1) is 12.8 Å². The number of anilines is 1. The van der Waals surface area contributed by atoms with Gasteiger partial charge in [0.25, 0.3) is 0 Å². The zero-order chi connectivity index (χ0) is 26.2. The summed E-state index contributed by atoms with van der Waals surface area (Å²) in [4.78, 5) is 0.804. The van der Waals surface area contributed by atoms with E-state index in [1.165, 1.54) is 48.0 Å². The van der Waals surface area contributed by atoms with Gasteiger partial charge in [-0.3, -0.25) is 0 Å². The Labute approximate surface area is 235 Å². The molecule has 0 amide bonds. The average Bonchev–Trinajstić information content (AvgIpc) is 3.32. The highest BCUT2D eigenvalue weighted by Gasteiger charge is 2.30. The van der Waals surface area contributed by atoms with Crippen molar-refractivity contribution in [2.75, 3.05) is 5.32 Å². The Kier molecular flexibility index (Phi) is 7.19. The molecule has 0 bridgehead atoms. The van der Waals surface area contributed by atoms with Crippen molar-refractivity contribution in [1.82, 2.24) is 19.5 Å². The lowest BCUT2D eigenvalue weighted by molar-refractivity contribution is 0.310. The van der Waals surface area contributed by atoms with Crippen molar-refractivity contribution in [3.8, 4) is 11.1 Å². The Bertz CT molecular complexity index is 1450. The van der Waals surface area contributed by atoms with E-state index in [0.29, 0.717) is 18.5 Å². The molecule has 198 valence electrons. The van der Waals surface area contributed by atoms with Crippen LogP contribution in [-0.4, -0.2) is 25.2 Å². The van der Waals surface area contributed by atoms with Gasteiger partial charge in [-0.15, -0.1) is 0 Å². The molecule has 2 unspecified atom stereocenters. The summed E-state index contributed by atoms with van der Waals surface area (Å²) >= 11 is 12.5. The highest BCUT2D eigenvalue weighted by molar-refractivity contribution is 7.80. The van der Waals surface area contributed by atoms with Crippen LogP contribution in [-0.2, 0) is 19.5 Å². The molecule has 1 aliphatic carbocycles. The normalized spacial score (nSPS) is 19.3. The maximum absolute atomic E-state index is 6.29. The quantitative estimate of drug-likeness (QED) is 0.245.